The molecule has 0 amide bonds. The van der Waals surface area contributed by atoms with Crippen molar-refractivity contribution in [1.82, 2.24) is 9.21 Å². The van der Waals surface area contributed by atoms with E-state index in [1.54, 1.807) is 36.4 Å². The molecule has 0 saturated carbocycles. The summed E-state index contributed by atoms with van der Waals surface area (Å²) in [6.45, 7) is 6.05. The molecule has 2 saturated heterocycles. The monoisotopic (exact) mass is 573 g/mol. The van der Waals surface area contributed by atoms with Crippen LogP contribution in [0, 0.1) is 0 Å². The van der Waals surface area contributed by atoms with Crippen molar-refractivity contribution >= 4 is 28.3 Å². The van der Waals surface area contributed by atoms with Gasteiger partial charge in [-0.05, 0) is 43.2 Å². The van der Waals surface area contributed by atoms with Gasteiger partial charge in [-0.3, -0.25) is 4.90 Å². The smallest absolute Gasteiger partial charge is 0.378 e. The number of sulfonamides is 1. The molecule has 2 aliphatic heterocycles. The molecule has 0 radical (unpaired) electrons. The van der Waals surface area contributed by atoms with Crippen LogP contribution in [0.5, 0.6) is 0 Å². The third kappa shape index (κ3) is 5.85. The molecule has 0 aromatic heterocycles. The molecule has 1 N–H and O–H groups in total. The number of nitrogens with zero attached hydrogens (tertiary/aromatic N) is 3. The number of hydrogen-bond acceptors (Lipinski definition) is 7. The first-order valence-electron chi connectivity index (χ1n) is 12.6. The van der Waals surface area contributed by atoms with Gasteiger partial charge in [-0.2, -0.15) is 17.5 Å². The van der Waals surface area contributed by atoms with Gasteiger partial charge in [-0.25, -0.2) is 8.42 Å². The van der Waals surface area contributed by atoms with E-state index in [-0.39, 0.29) is 35.6 Å². The van der Waals surface area contributed by atoms with Gasteiger partial charge in [0, 0.05) is 49.3 Å². The Morgan fingerprint density at radius 1 is 1.05 bits per heavy atom. The predicted molar refractivity (Wildman–Crippen MR) is 142 cm³/mol. The highest BCUT2D eigenvalue weighted by atomic mass is 32.2. The Balaban J connectivity index is 1.63. The van der Waals surface area contributed by atoms with Gasteiger partial charge >= 0.3 is 6.18 Å². The Kier molecular flexibility index (Phi) is 8.70. The van der Waals surface area contributed by atoms with Crippen LogP contribution in [0.4, 0.5) is 18.9 Å². The third-order valence-electron chi connectivity index (χ3n) is 7.51. The van der Waals surface area contributed by atoms with Crippen LogP contribution in [0.3, 0.4) is 0 Å². The average molecular weight is 574 g/mol. The van der Waals surface area contributed by atoms with Crippen molar-refractivity contribution in [3.05, 3.63) is 54.1 Å². The van der Waals surface area contributed by atoms with Crippen LogP contribution >= 0.6 is 12.6 Å². The van der Waals surface area contributed by atoms with E-state index >= 15 is 0 Å². The molecule has 2 fully saturated rings. The summed E-state index contributed by atoms with van der Waals surface area (Å²) in [6.07, 6.45) is -3.94. The molecule has 2 aromatic rings. The van der Waals surface area contributed by atoms with E-state index < -0.39 is 21.8 Å². The molecule has 4 rings (SSSR count). The molecule has 3 atom stereocenters. The maximum atomic E-state index is 13.5. The van der Waals surface area contributed by atoms with Crippen LogP contribution in [0.2, 0.25) is 0 Å². The Morgan fingerprint density at radius 2 is 1.74 bits per heavy atom. The number of benzene rings is 2. The number of aliphatic hydroxyl groups is 1. The Hall–Kier alpha value is -1.83. The molecule has 0 aliphatic carbocycles. The molecule has 2 aromatic carbocycles. The highest BCUT2D eigenvalue weighted by molar-refractivity contribution is 7.90. The zero-order valence-electron chi connectivity index (χ0n) is 21.4. The molecule has 2 aliphatic rings. The minimum Gasteiger partial charge on any atom is -0.378 e. The maximum absolute atomic E-state index is 13.5. The van der Waals surface area contributed by atoms with Gasteiger partial charge in [0.1, 0.15) is 0 Å². The molecule has 38 heavy (non-hydrogen) atoms. The second-order valence-corrected chi connectivity index (χ2v) is 12.3. The number of ether oxygens (including phenoxy) is 1. The lowest BCUT2D eigenvalue weighted by Gasteiger charge is -2.46. The van der Waals surface area contributed by atoms with E-state index in [0.717, 1.165) is 13.3 Å². The summed E-state index contributed by atoms with van der Waals surface area (Å²) < 4.78 is 74.2. The summed E-state index contributed by atoms with van der Waals surface area (Å²) in [6, 6.07) is 12.2. The number of thiol groups is 1. The van der Waals surface area contributed by atoms with Crippen LogP contribution in [0.15, 0.2) is 58.3 Å². The number of anilines is 1. The number of piperazine rings is 1. The van der Waals surface area contributed by atoms with E-state index in [4.69, 9.17) is 4.74 Å². The van der Waals surface area contributed by atoms with Gasteiger partial charge in [0.2, 0.25) is 10.0 Å². The normalized spacial score (nSPS) is 23.8. The summed E-state index contributed by atoms with van der Waals surface area (Å²) in [5.41, 5.74) is -2.55. The quantitative estimate of drug-likeness (QED) is 0.492. The highest BCUT2D eigenvalue weighted by Gasteiger charge is 2.51. The van der Waals surface area contributed by atoms with Gasteiger partial charge in [0.25, 0.3) is 0 Å². The van der Waals surface area contributed by atoms with Crippen molar-refractivity contribution in [2.24, 2.45) is 0 Å². The van der Waals surface area contributed by atoms with Gasteiger partial charge < -0.3 is 14.7 Å². The molecule has 0 bridgehead atoms. The number of alkyl halides is 3. The lowest BCUT2D eigenvalue weighted by molar-refractivity contribution is -0.258. The largest absolute Gasteiger partial charge is 0.421 e. The summed E-state index contributed by atoms with van der Waals surface area (Å²) in [7, 11) is -3.80. The SMILES string of the molecule is CC[C@@H]1COCCN1C[C@H]1CN(S(=O)(=O)c2ccccc2S)CCN1c1ccc([C@](C)(O)C(F)(F)F)cc1. The van der Waals surface area contributed by atoms with Crippen LogP contribution in [-0.2, 0) is 20.4 Å². The zero-order chi connectivity index (χ0) is 27.7. The van der Waals surface area contributed by atoms with Crippen LogP contribution < -0.4 is 4.90 Å². The van der Waals surface area contributed by atoms with Gasteiger partial charge in [-0.1, -0.05) is 31.2 Å². The number of morpholine rings is 1. The molecule has 0 unspecified atom stereocenters. The first-order valence-corrected chi connectivity index (χ1v) is 14.5. The standard InChI is InChI=1S/C26H34F3N3O4S2/c1-3-20-18-36-15-14-30(20)16-22-17-31(38(34,35)24-7-5-4-6-23(24)37)12-13-32(22)21-10-8-19(9-11-21)25(2,33)26(27,28)29/h4-11,20,22,33,37H,3,12-18H2,1-2H3/t20-,22+,25+/m1/s1. The Labute approximate surface area is 227 Å². The van der Waals surface area contributed by atoms with E-state index in [0.29, 0.717) is 43.4 Å². The molecule has 12 heteroatoms. The van der Waals surface area contributed by atoms with Crippen molar-refractivity contribution in [3.8, 4) is 0 Å². The van der Waals surface area contributed by atoms with Crippen molar-refractivity contribution in [2.45, 2.75) is 53.9 Å². The van der Waals surface area contributed by atoms with E-state index in [1.165, 1.54) is 16.4 Å². The number of halogens is 3. The highest BCUT2D eigenvalue weighted by Crippen LogP contribution is 2.39. The molecular weight excluding hydrogens is 539 g/mol. The third-order valence-corrected chi connectivity index (χ3v) is 9.97. The second kappa shape index (κ2) is 11.3. The fourth-order valence-corrected chi connectivity index (χ4v) is 7.13. The topological polar surface area (TPSA) is 73.3 Å². The summed E-state index contributed by atoms with van der Waals surface area (Å²) in [5, 5.41) is 10.1. The maximum Gasteiger partial charge on any atom is 0.421 e. The lowest BCUT2D eigenvalue weighted by Crippen LogP contribution is -2.60. The minimum atomic E-state index is -4.81. The van der Waals surface area contributed by atoms with Gasteiger partial charge in [0.05, 0.1) is 24.2 Å². The van der Waals surface area contributed by atoms with Crippen molar-refractivity contribution in [2.75, 3.05) is 50.8 Å². The van der Waals surface area contributed by atoms with Crippen LogP contribution in [0.25, 0.3) is 0 Å². The zero-order valence-corrected chi connectivity index (χ0v) is 23.1. The first-order chi connectivity index (χ1) is 17.9. The van der Waals surface area contributed by atoms with Crippen molar-refractivity contribution < 1.29 is 31.4 Å². The molecule has 210 valence electrons. The van der Waals surface area contributed by atoms with Gasteiger partial charge in [-0.15, -0.1) is 12.6 Å². The van der Waals surface area contributed by atoms with Gasteiger partial charge in [0.15, 0.2) is 5.60 Å². The summed E-state index contributed by atoms with van der Waals surface area (Å²) >= 11 is 4.35. The second-order valence-electron chi connectivity index (χ2n) is 9.93. The first kappa shape index (κ1) is 29.2. The van der Waals surface area contributed by atoms with E-state index in [2.05, 4.69) is 24.5 Å². The molecule has 2 heterocycles. The van der Waals surface area contributed by atoms with Crippen LogP contribution in [-0.4, -0.2) is 86.9 Å². The van der Waals surface area contributed by atoms with E-state index in [9.17, 15) is 26.7 Å². The van der Waals surface area contributed by atoms with E-state index in [1.807, 2.05) is 4.90 Å². The number of rotatable bonds is 7. The molecular formula is C26H34F3N3O4S2. The fraction of sp³-hybridized carbons (Fsp3) is 0.538. The summed E-state index contributed by atoms with van der Waals surface area (Å²) in [4.78, 5) is 4.87. The Bertz CT molecular complexity index is 1210. The predicted octanol–water partition coefficient (Wildman–Crippen LogP) is 3.74. The molecule has 0 spiro atoms. The van der Waals surface area contributed by atoms with Crippen molar-refractivity contribution in [1.29, 1.82) is 0 Å². The van der Waals surface area contributed by atoms with Crippen LogP contribution in [0.1, 0.15) is 25.8 Å². The minimum absolute atomic E-state index is 0.145. The summed E-state index contributed by atoms with van der Waals surface area (Å²) in [5.74, 6) is 0. The average Bonchev–Trinajstić information content (AvgIpc) is 2.88. The van der Waals surface area contributed by atoms with Crippen molar-refractivity contribution in [3.63, 3.8) is 0 Å². The fourth-order valence-electron chi connectivity index (χ4n) is 5.07. The number of hydrogen-bond donors (Lipinski definition) is 2. The lowest BCUT2D eigenvalue weighted by atomic mass is 9.95. The molecule has 7 nitrogen and oxygen atoms in total. The Morgan fingerprint density at radius 3 is 2.37 bits per heavy atom.